The van der Waals surface area contributed by atoms with Crippen molar-refractivity contribution in [3.63, 3.8) is 0 Å². The predicted octanol–water partition coefficient (Wildman–Crippen LogP) is 2.56. The molecule has 0 atom stereocenters. The first-order valence-electron chi connectivity index (χ1n) is 3.72. The minimum Gasteiger partial charge on any atom is -0.361 e. The fourth-order valence-electron chi connectivity index (χ4n) is 1.20. The molecule has 2 rings (SSSR count). The third-order valence-corrected chi connectivity index (χ3v) is 1.81. The summed E-state index contributed by atoms with van der Waals surface area (Å²) in [5, 5.41) is 6.55. The van der Waals surface area contributed by atoms with E-state index in [0.717, 1.165) is 10.9 Å². The highest BCUT2D eigenvalue weighted by atomic mass is 32.1. The first-order valence-corrected chi connectivity index (χ1v) is 4.13. The van der Waals surface area contributed by atoms with Crippen LogP contribution in [0.2, 0.25) is 0 Å². The van der Waals surface area contributed by atoms with Crippen molar-refractivity contribution in [1.29, 1.82) is 0 Å². The summed E-state index contributed by atoms with van der Waals surface area (Å²) in [6.07, 6.45) is 1.85. The minimum atomic E-state index is 0.677. The smallest absolute Gasteiger partial charge is 0.168 e. The van der Waals surface area contributed by atoms with E-state index in [4.69, 9.17) is 4.84 Å². The quantitative estimate of drug-likeness (QED) is 0.449. The van der Waals surface area contributed by atoms with Crippen molar-refractivity contribution < 1.29 is 4.84 Å². The number of aromatic amines is 1. The van der Waals surface area contributed by atoms with Crippen LogP contribution in [0.4, 0.5) is 0 Å². The van der Waals surface area contributed by atoms with E-state index in [0.29, 0.717) is 5.75 Å². The van der Waals surface area contributed by atoms with Gasteiger partial charge in [-0.2, -0.15) is 0 Å². The molecule has 1 heterocycles. The zero-order valence-corrected chi connectivity index (χ0v) is 7.47. The molecule has 0 bridgehead atoms. The molecule has 64 valence electrons. The van der Waals surface area contributed by atoms with E-state index >= 15 is 0 Å². The van der Waals surface area contributed by atoms with E-state index in [-0.39, 0.29) is 0 Å². The van der Waals surface area contributed by atoms with Gasteiger partial charge in [0.2, 0.25) is 0 Å². The number of fused-ring (bicyclic) bond motifs is 1. The highest BCUT2D eigenvalue weighted by Gasteiger charge is 2.00. The Kier molecular flexibility index (Phi) is 2.08. The van der Waals surface area contributed by atoms with Gasteiger partial charge in [0.05, 0.1) is 0 Å². The van der Waals surface area contributed by atoms with E-state index < -0.39 is 0 Å². The molecule has 4 heteroatoms. The Balaban J connectivity index is 2.54. The van der Waals surface area contributed by atoms with Gasteiger partial charge in [0.1, 0.15) is 5.16 Å². The lowest BCUT2D eigenvalue weighted by atomic mass is 10.2. The lowest BCUT2D eigenvalue weighted by Crippen LogP contribution is -1.81. The number of nitrogens with one attached hydrogen (secondary N) is 1. The number of H-pyrrole nitrogens is 1. The zero-order valence-electron chi connectivity index (χ0n) is 6.65. The number of rotatable bonds is 2. The maximum absolute atomic E-state index is 5.02. The summed E-state index contributed by atoms with van der Waals surface area (Å²) in [5.41, 5.74) is 1.01. The second-order valence-corrected chi connectivity index (χ2v) is 2.65. The zero-order chi connectivity index (χ0) is 9.10. The lowest BCUT2D eigenvalue weighted by Gasteiger charge is -1.97. The molecule has 0 aliphatic carbocycles. The third kappa shape index (κ3) is 1.45. The summed E-state index contributed by atoms with van der Waals surface area (Å²) in [7, 11) is 0. The van der Waals surface area contributed by atoms with E-state index in [9.17, 15) is 0 Å². The Labute approximate surface area is 80.0 Å². The van der Waals surface area contributed by atoms with Gasteiger partial charge in [0, 0.05) is 17.1 Å². The first-order chi connectivity index (χ1) is 6.42. The van der Waals surface area contributed by atoms with E-state index in [2.05, 4.69) is 27.5 Å². The molecule has 1 aromatic heterocycles. The molecule has 0 amide bonds. The van der Waals surface area contributed by atoms with Crippen LogP contribution in [0, 0.1) is 0 Å². The van der Waals surface area contributed by atoms with Crippen molar-refractivity contribution in [3.05, 3.63) is 30.5 Å². The van der Waals surface area contributed by atoms with Crippen LogP contribution >= 0.6 is 12.2 Å². The largest absolute Gasteiger partial charge is 0.361 e. The van der Waals surface area contributed by atoms with Gasteiger partial charge >= 0.3 is 0 Å². The van der Waals surface area contributed by atoms with E-state index in [1.165, 1.54) is 0 Å². The standard InChI is InChI=1S/C9H6N2OS/c13-6-11-12-9-3-1-2-8-7(9)4-5-10-8/h1-5,10H. The first kappa shape index (κ1) is 7.98. The molecule has 0 aliphatic heterocycles. The minimum absolute atomic E-state index is 0.677. The van der Waals surface area contributed by atoms with E-state index in [1.807, 2.05) is 30.5 Å². The average molecular weight is 190 g/mol. The molecule has 13 heavy (non-hydrogen) atoms. The summed E-state index contributed by atoms with van der Waals surface area (Å²) >= 11 is 4.40. The number of hydrogen-bond donors (Lipinski definition) is 1. The molecule has 1 N–H and O–H groups in total. The van der Waals surface area contributed by atoms with Gasteiger partial charge in [-0.05, 0) is 35.6 Å². The molecular formula is C9H6N2OS. The molecule has 0 radical (unpaired) electrons. The van der Waals surface area contributed by atoms with Crippen molar-refractivity contribution in [1.82, 2.24) is 4.98 Å². The van der Waals surface area contributed by atoms with Crippen molar-refractivity contribution in [2.24, 2.45) is 5.16 Å². The summed E-state index contributed by atoms with van der Waals surface area (Å²) in [5.74, 6) is 0.677. The number of benzene rings is 1. The fraction of sp³-hybridized carbons (Fsp3) is 0. The normalized spacial score (nSPS) is 9.54. The number of nitrogens with zero attached hydrogens (tertiary/aromatic N) is 1. The lowest BCUT2D eigenvalue weighted by molar-refractivity contribution is 0.349. The van der Waals surface area contributed by atoms with Crippen LogP contribution in [0.1, 0.15) is 0 Å². The Morgan fingerprint density at radius 2 is 2.31 bits per heavy atom. The molecule has 2 aromatic rings. The number of thiocarbonyl (C=S) groups is 1. The number of aromatic nitrogens is 1. The van der Waals surface area contributed by atoms with Crippen LogP contribution in [0.25, 0.3) is 10.9 Å². The van der Waals surface area contributed by atoms with Gasteiger partial charge in [-0.3, -0.25) is 0 Å². The SMILES string of the molecule is S=C=NOc1cccc2[nH]ccc12. The summed E-state index contributed by atoms with van der Waals surface area (Å²) in [6, 6.07) is 7.59. The second kappa shape index (κ2) is 3.39. The van der Waals surface area contributed by atoms with E-state index in [1.54, 1.807) is 0 Å². The van der Waals surface area contributed by atoms with Gasteiger partial charge in [0.15, 0.2) is 5.75 Å². The van der Waals surface area contributed by atoms with Crippen LogP contribution in [0.5, 0.6) is 5.75 Å². The summed E-state index contributed by atoms with van der Waals surface area (Å²) in [4.78, 5) is 8.08. The fourth-order valence-corrected chi connectivity index (χ4v) is 1.24. The van der Waals surface area contributed by atoms with Crippen LogP contribution < -0.4 is 4.84 Å². The van der Waals surface area contributed by atoms with Gasteiger partial charge in [0.25, 0.3) is 0 Å². The van der Waals surface area contributed by atoms with Crippen molar-refractivity contribution in [2.45, 2.75) is 0 Å². The molecule has 0 fully saturated rings. The molecule has 0 saturated heterocycles. The van der Waals surface area contributed by atoms with Gasteiger partial charge in [-0.1, -0.05) is 6.07 Å². The monoisotopic (exact) mass is 190 g/mol. The van der Waals surface area contributed by atoms with Crippen molar-refractivity contribution in [2.75, 3.05) is 0 Å². The van der Waals surface area contributed by atoms with Gasteiger partial charge in [-0.25, -0.2) is 0 Å². The second-order valence-electron chi connectivity index (χ2n) is 2.47. The molecule has 0 aliphatic rings. The maximum Gasteiger partial charge on any atom is 0.168 e. The van der Waals surface area contributed by atoms with Crippen LogP contribution in [0.3, 0.4) is 0 Å². The summed E-state index contributed by atoms with van der Waals surface area (Å²) < 4.78 is 0. The number of hydrogen-bond acceptors (Lipinski definition) is 3. The molecular weight excluding hydrogens is 184 g/mol. The van der Waals surface area contributed by atoms with Crippen LogP contribution in [0.15, 0.2) is 35.6 Å². The van der Waals surface area contributed by atoms with Crippen LogP contribution in [-0.4, -0.2) is 10.1 Å². The maximum atomic E-state index is 5.02. The molecule has 0 saturated carbocycles. The third-order valence-electron chi connectivity index (χ3n) is 1.74. The highest BCUT2D eigenvalue weighted by molar-refractivity contribution is 7.78. The Hall–Kier alpha value is -1.64. The average Bonchev–Trinajstić information content (AvgIpc) is 2.62. The molecule has 3 nitrogen and oxygen atoms in total. The highest BCUT2D eigenvalue weighted by Crippen LogP contribution is 2.24. The molecule has 1 aromatic carbocycles. The number of isothiocyanates is 1. The topological polar surface area (TPSA) is 37.4 Å². The van der Waals surface area contributed by atoms with Crippen LogP contribution in [-0.2, 0) is 0 Å². The molecule has 0 spiro atoms. The molecule has 0 unspecified atom stereocenters. The van der Waals surface area contributed by atoms with Crippen molar-refractivity contribution in [3.8, 4) is 5.75 Å². The van der Waals surface area contributed by atoms with Gasteiger partial charge in [-0.15, -0.1) is 0 Å². The van der Waals surface area contributed by atoms with Gasteiger partial charge < -0.3 is 9.82 Å². The Morgan fingerprint density at radius 3 is 3.15 bits per heavy atom. The predicted molar refractivity (Wildman–Crippen MR) is 54.0 cm³/mol. The summed E-state index contributed by atoms with van der Waals surface area (Å²) in [6.45, 7) is 0. The Morgan fingerprint density at radius 1 is 1.38 bits per heavy atom. The van der Waals surface area contributed by atoms with Crippen molar-refractivity contribution >= 4 is 28.3 Å². The Bertz CT molecular complexity index is 471.